The van der Waals surface area contributed by atoms with Gasteiger partial charge in [0.2, 0.25) is 23.4 Å². The van der Waals surface area contributed by atoms with Crippen molar-refractivity contribution in [2.75, 3.05) is 99.2 Å². The number of carbonyl (C=O) groups is 3. The van der Waals surface area contributed by atoms with Gasteiger partial charge in [-0.15, -0.1) is 10.2 Å². The SMILES string of the molecule is CCc1c(N2CCN(C(=O)OC(C)(C)C)CC2)c(=O)n2nc(C3=CCOCC3)nc2n1CC(=O)Nc1cc(C(F)(F)F)c(Cl)cc1C.CCc1c(N2CCNCC2)c(=O)n2nc(C3=CCOCC3)nc2n1CC(=O)Nc1cc(C(F)(F)F)c(Cl)cc1C. The first-order valence-electron chi connectivity index (χ1n) is 28.3. The van der Waals surface area contributed by atoms with Gasteiger partial charge in [0.1, 0.15) is 30.1 Å². The summed E-state index contributed by atoms with van der Waals surface area (Å²) in [6, 6.07) is 3.95. The molecule has 468 valence electrons. The Labute approximate surface area is 505 Å². The highest BCUT2D eigenvalue weighted by molar-refractivity contribution is 6.32. The first kappa shape index (κ1) is 64.0. The van der Waals surface area contributed by atoms with Gasteiger partial charge in [0.25, 0.3) is 11.1 Å². The van der Waals surface area contributed by atoms with Gasteiger partial charge in [-0.1, -0.05) is 49.2 Å². The van der Waals surface area contributed by atoms with E-state index < -0.39 is 62.6 Å². The molecule has 2 saturated heterocycles. The molecule has 0 atom stereocenters. The molecule has 3 N–H and O–H groups in total. The highest BCUT2D eigenvalue weighted by atomic mass is 35.5. The zero-order valence-electron chi connectivity index (χ0n) is 48.9. The lowest BCUT2D eigenvalue weighted by atomic mass is 10.1. The number of ether oxygens (including phenoxy) is 3. The molecule has 0 spiro atoms. The van der Waals surface area contributed by atoms with Crippen molar-refractivity contribution >= 4 is 86.6 Å². The minimum atomic E-state index is -4.72. The van der Waals surface area contributed by atoms with E-state index in [0.29, 0.717) is 150 Å². The van der Waals surface area contributed by atoms with Gasteiger partial charge in [-0.25, -0.2) is 4.79 Å². The van der Waals surface area contributed by atoms with Crippen LogP contribution in [-0.2, 0) is 62.1 Å². The molecule has 0 saturated carbocycles. The molecule has 87 heavy (non-hydrogen) atoms. The van der Waals surface area contributed by atoms with E-state index in [2.05, 4.69) is 36.1 Å². The number of halogens is 8. The molecule has 0 radical (unpaired) electrons. The van der Waals surface area contributed by atoms with Crippen LogP contribution in [0.4, 0.5) is 53.9 Å². The highest BCUT2D eigenvalue weighted by Crippen LogP contribution is 2.39. The molecule has 4 aliphatic heterocycles. The Bertz CT molecular complexity index is 3820. The molecule has 4 aromatic heterocycles. The molecule has 0 unspecified atom stereocenters. The van der Waals surface area contributed by atoms with E-state index in [1.807, 2.05) is 35.8 Å². The topological polar surface area (TPSA) is 229 Å². The molecule has 8 heterocycles. The monoisotopic (exact) mass is 1260 g/mol. The van der Waals surface area contributed by atoms with Crippen LogP contribution >= 0.6 is 23.2 Å². The Balaban J connectivity index is 0.000000210. The van der Waals surface area contributed by atoms with E-state index in [9.17, 15) is 50.3 Å². The molecule has 2 aromatic carbocycles. The first-order valence-corrected chi connectivity index (χ1v) is 29.0. The summed E-state index contributed by atoms with van der Waals surface area (Å²) in [5.74, 6) is -0.236. The smallest absolute Gasteiger partial charge is 0.417 e. The number of hydrogen-bond donors (Lipinski definition) is 3. The van der Waals surface area contributed by atoms with Crippen molar-refractivity contribution in [1.82, 2.24) is 48.5 Å². The van der Waals surface area contributed by atoms with Gasteiger partial charge in [0, 0.05) is 63.7 Å². The first-order chi connectivity index (χ1) is 41.1. The quantitative estimate of drug-likeness (QED) is 0.0981. The Morgan fingerprint density at radius 1 is 0.644 bits per heavy atom. The number of piperazine rings is 2. The molecule has 6 aromatic rings. The summed E-state index contributed by atoms with van der Waals surface area (Å²) in [6.07, 6.45) is -4.32. The van der Waals surface area contributed by atoms with E-state index in [1.54, 1.807) is 41.7 Å². The molecular weight excluding hydrogens is 1190 g/mol. The number of alkyl halides is 6. The van der Waals surface area contributed by atoms with Gasteiger partial charge in [-0.3, -0.25) is 19.2 Å². The molecule has 3 amide bonds. The third-order valence-electron chi connectivity index (χ3n) is 14.9. The number of aromatic nitrogens is 8. The third-order valence-corrected chi connectivity index (χ3v) is 15.5. The number of nitrogens with one attached hydrogen (secondary N) is 3. The van der Waals surface area contributed by atoms with Crippen LogP contribution in [0.3, 0.4) is 0 Å². The Morgan fingerprint density at radius 2 is 1.06 bits per heavy atom. The van der Waals surface area contributed by atoms with Gasteiger partial charge < -0.3 is 54.0 Å². The van der Waals surface area contributed by atoms with Gasteiger partial charge >= 0.3 is 18.4 Å². The molecule has 0 bridgehead atoms. The van der Waals surface area contributed by atoms with Gasteiger partial charge in [0.15, 0.2) is 11.6 Å². The largest absolute Gasteiger partial charge is 0.444 e. The van der Waals surface area contributed by atoms with Gasteiger partial charge in [-0.2, -0.15) is 45.3 Å². The standard InChI is InChI=1S/C31H37ClF3N7O5.C26H29ClF3N7O3/c1-6-23-25(39-9-11-40(12-10-39)29(45)47-30(3,4)5)27(44)42-28(37-26(38-42)19-7-13-46-14-8-19)41(23)17-24(43)36-22-16-20(31(33,34)35)21(32)15-18(22)2;1-3-20-22(35-8-6-31-7-9-35)24(39)37-25(33-23(34-37)16-4-10-40-11-5-16)36(20)14-21(38)32-19-13-17(26(28,29)30)18(27)12-15(19)2/h7,15-16H,6,8-14,17H2,1-5H3,(H,36,43);4,12-13,31H,3,5-11,14H2,1-2H3,(H,32,38). The van der Waals surface area contributed by atoms with Crippen LogP contribution in [0.15, 0.2) is 46.0 Å². The number of benzene rings is 2. The lowest BCUT2D eigenvalue weighted by Gasteiger charge is -2.37. The minimum absolute atomic E-state index is 0.00585. The molecule has 0 aliphatic carbocycles. The van der Waals surface area contributed by atoms with Gasteiger partial charge in [0.05, 0.1) is 59.0 Å². The zero-order valence-corrected chi connectivity index (χ0v) is 50.4. The number of amides is 3. The van der Waals surface area contributed by atoms with Crippen molar-refractivity contribution in [3.05, 3.63) is 112 Å². The van der Waals surface area contributed by atoms with Crippen molar-refractivity contribution in [3.63, 3.8) is 0 Å². The molecular formula is C57H66Cl2F6N14O8. The third kappa shape index (κ3) is 14.2. The van der Waals surface area contributed by atoms with Crippen LogP contribution in [0.5, 0.6) is 0 Å². The maximum absolute atomic E-state index is 14.1. The molecule has 30 heteroatoms. The lowest BCUT2D eigenvalue weighted by Crippen LogP contribution is -2.51. The number of anilines is 4. The molecule has 10 rings (SSSR count). The van der Waals surface area contributed by atoms with Crippen molar-refractivity contribution in [2.24, 2.45) is 0 Å². The number of hydrogen-bond acceptors (Lipinski definition) is 15. The summed E-state index contributed by atoms with van der Waals surface area (Å²) in [5.41, 5.74) is 0.583. The number of nitrogens with zero attached hydrogens (tertiary/aromatic N) is 11. The summed E-state index contributed by atoms with van der Waals surface area (Å²) in [7, 11) is 0. The maximum Gasteiger partial charge on any atom is 0.417 e. The average molecular weight is 1260 g/mol. The number of rotatable bonds is 12. The van der Waals surface area contributed by atoms with Crippen molar-refractivity contribution in [1.29, 1.82) is 0 Å². The van der Waals surface area contributed by atoms with E-state index in [4.69, 9.17) is 37.4 Å². The normalized spacial score (nSPS) is 16.1. The average Bonchev–Trinajstić information content (AvgIpc) is 1.94. The summed E-state index contributed by atoms with van der Waals surface area (Å²) in [6.45, 7) is 17.0. The van der Waals surface area contributed by atoms with Crippen molar-refractivity contribution in [2.45, 2.75) is 105 Å². The van der Waals surface area contributed by atoms with E-state index in [-0.39, 0.29) is 41.6 Å². The summed E-state index contributed by atoms with van der Waals surface area (Å²) in [4.78, 5) is 82.1. The van der Waals surface area contributed by atoms with E-state index in [1.165, 1.54) is 17.5 Å². The number of fused-ring (bicyclic) bond motifs is 2. The van der Waals surface area contributed by atoms with Crippen molar-refractivity contribution < 1.29 is 54.9 Å². The molecule has 22 nitrogen and oxygen atoms in total. The number of carbonyl (C=O) groups excluding carboxylic acids is 3. The summed E-state index contributed by atoms with van der Waals surface area (Å²) in [5, 5.41) is 16.6. The second-order valence-electron chi connectivity index (χ2n) is 22.1. The van der Waals surface area contributed by atoms with Crippen LogP contribution in [0.2, 0.25) is 10.0 Å². The highest BCUT2D eigenvalue weighted by Gasteiger charge is 2.37. The van der Waals surface area contributed by atoms with Crippen molar-refractivity contribution in [3.8, 4) is 0 Å². The van der Waals surface area contributed by atoms with Crippen LogP contribution in [0.1, 0.15) is 92.8 Å². The second-order valence-corrected chi connectivity index (χ2v) is 22.9. The fourth-order valence-corrected chi connectivity index (χ4v) is 11.3. The Kier molecular flexibility index (Phi) is 19.1. The van der Waals surface area contributed by atoms with E-state index >= 15 is 0 Å². The summed E-state index contributed by atoms with van der Waals surface area (Å²) >= 11 is 11.7. The fourth-order valence-electron chi connectivity index (χ4n) is 10.6. The van der Waals surface area contributed by atoms with Gasteiger partial charge in [-0.05, 0) is 107 Å². The molecule has 4 aliphatic rings. The fraction of sp³-hybridized carbons (Fsp3) is 0.491. The minimum Gasteiger partial charge on any atom is -0.444 e. The lowest BCUT2D eigenvalue weighted by molar-refractivity contribution is -0.138. The number of aryl methyl sites for hydroxylation is 2. The zero-order chi connectivity index (χ0) is 62.9. The molecule has 2 fully saturated rings. The van der Waals surface area contributed by atoms with Crippen LogP contribution in [0.25, 0.3) is 22.7 Å². The van der Waals surface area contributed by atoms with Crippen LogP contribution in [0, 0.1) is 13.8 Å². The summed E-state index contributed by atoms with van der Waals surface area (Å²) < 4.78 is 103. The van der Waals surface area contributed by atoms with E-state index in [0.717, 1.165) is 33.9 Å². The predicted octanol–water partition coefficient (Wildman–Crippen LogP) is 8.22. The predicted molar refractivity (Wildman–Crippen MR) is 315 cm³/mol. The van der Waals surface area contributed by atoms with Crippen LogP contribution in [-0.4, -0.2) is 146 Å². The Hall–Kier alpha value is -7.53. The Morgan fingerprint density at radius 3 is 1.43 bits per heavy atom. The second kappa shape index (κ2) is 26.0. The maximum atomic E-state index is 14.1. The van der Waals surface area contributed by atoms with Crippen LogP contribution < -0.4 is 36.9 Å².